The zero-order chi connectivity index (χ0) is 29.9. The topological polar surface area (TPSA) is 85.7 Å². The smallest absolute Gasteiger partial charge is 0.344 e. The largest absolute Gasteiger partial charge is 0.462 e. The van der Waals surface area contributed by atoms with Crippen LogP contribution in [0.2, 0.25) is 16.6 Å². The molecule has 3 aromatic rings. The molecule has 0 bridgehead atoms. The molecule has 1 aliphatic rings. The second-order valence-electron chi connectivity index (χ2n) is 12.4. The number of H-pyrrole nitrogens is 1. The van der Waals surface area contributed by atoms with Crippen LogP contribution in [0, 0.1) is 0 Å². The lowest BCUT2D eigenvalue weighted by molar-refractivity contribution is 0.0528. The van der Waals surface area contributed by atoms with Crippen molar-refractivity contribution in [2.75, 3.05) is 13.2 Å². The molecule has 0 aliphatic heterocycles. The molecule has 222 valence electrons. The molecule has 2 heterocycles. The van der Waals surface area contributed by atoms with Gasteiger partial charge in [-0.1, -0.05) is 91.6 Å². The Kier molecular flexibility index (Phi) is 9.75. The highest BCUT2D eigenvalue weighted by Crippen LogP contribution is 2.43. The molecule has 7 nitrogen and oxygen atoms in total. The number of esters is 1. The molecule has 2 aromatic heterocycles. The van der Waals surface area contributed by atoms with Crippen LogP contribution in [-0.2, 0) is 9.16 Å². The van der Waals surface area contributed by atoms with Gasteiger partial charge in [0.25, 0.3) is 5.56 Å². The maximum absolute atomic E-state index is 13.3. The van der Waals surface area contributed by atoms with Gasteiger partial charge in [-0.25, -0.2) is 4.79 Å². The Morgan fingerprint density at radius 1 is 1.05 bits per heavy atom. The van der Waals surface area contributed by atoms with Crippen LogP contribution in [0.5, 0.6) is 0 Å². The molecule has 1 N–H and O–H groups in total. The van der Waals surface area contributed by atoms with Crippen LogP contribution in [0.4, 0.5) is 0 Å². The first-order valence-corrected chi connectivity index (χ1v) is 17.4. The van der Waals surface area contributed by atoms with E-state index in [1.54, 1.807) is 6.92 Å². The Morgan fingerprint density at radius 2 is 1.66 bits per heavy atom. The molecule has 8 heteroatoms. The summed E-state index contributed by atoms with van der Waals surface area (Å²) >= 11 is 0. The zero-order valence-electron chi connectivity index (χ0n) is 25.9. The Labute approximate surface area is 245 Å². The first kappa shape index (κ1) is 31.0. The van der Waals surface area contributed by atoms with Crippen LogP contribution in [0.25, 0.3) is 22.5 Å². The minimum Gasteiger partial charge on any atom is -0.462 e. The third-order valence-electron chi connectivity index (χ3n) is 8.93. The van der Waals surface area contributed by atoms with Crippen LogP contribution in [-0.4, -0.2) is 42.1 Å². The average molecular weight is 578 g/mol. The molecular weight excluding hydrogens is 530 g/mol. The number of carbonyl (C=O) groups is 1. The standard InChI is InChI=1S/C33H47N3O4Si/c1-9-39-33(38)30-31(24(8)20-40-41(21(2)3,22(4)5)23(6)7)35-36-29(37)19-28(34-32(30)36)27-17-15-26(16-18-27)25-13-11-10-12-14-25/h15-19,21-23,25,34H,8-14,20H2,1-7H3. The molecule has 1 fully saturated rings. The number of ether oxygens (including phenoxy) is 1. The van der Waals surface area contributed by atoms with E-state index in [1.807, 2.05) is 12.1 Å². The van der Waals surface area contributed by atoms with Crippen LogP contribution in [0.15, 0.2) is 41.7 Å². The highest BCUT2D eigenvalue weighted by Gasteiger charge is 2.45. The summed E-state index contributed by atoms with van der Waals surface area (Å²) in [6.07, 6.45) is 6.34. The van der Waals surface area contributed by atoms with Gasteiger partial charge in [0, 0.05) is 6.07 Å². The molecule has 0 spiro atoms. The van der Waals surface area contributed by atoms with Crippen molar-refractivity contribution in [2.45, 2.75) is 103 Å². The number of hydrogen-bond donors (Lipinski definition) is 1. The number of hydrogen-bond acceptors (Lipinski definition) is 5. The summed E-state index contributed by atoms with van der Waals surface area (Å²) in [6, 6.07) is 9.95. The number of aromatic amines is 1. The van der Waals surface area contributed by atoms with E-state index in [9.17, 15) is 9.59 Å². The summed E-state index contributed by atoms with van der Waals surface area (Å²) in [5, 5.41) is 4.57. The number of rotatable bonds is 11. The monoisotopic (exact) mass is 577 g/mol. The average Bonchev–Trinajstić information content (AvgIpc) is 3.34. The fraction of sp³-hybridized carbons (Fsp3) is 0.545. The van der Waals surface area contributed by atoms with Gasteiger partial charge in [-0.2, -0.15) is 9.61 Å². The lowest BCUT2D eigenvalue weighted by atomic mass is 9.84. The van der Waals surface area contributed by atoms with Crippen molar-refractivity contribution in [2.24, 2.45) is 0 Å². The van der Waals surface area contributed by atoms with Crippen molar-refractivity contribution in [1.29, 1.82) is 0 Å². The fourth-order valence-electron chi connectivity index (χ4n) is 6.99. The molecule has 0 radical (unpaired) electrons. The minimum absolute atomic E-state index is 0.204. The highest BCUT2D eigenvalue weighted by molar-refractivity contribution is 6.77. The number of nitrogens with zero attached hydrogens (tertiary/aromatic N) is 2. The lowest BCUT2D eigenvalue weighted by Gasteiger charge is -2.42. The van der Waals surface area contributed by atoms with Crippen molar-refractivity contribution in [3.8, 4) is 11.3 Å². The molecule has 0 saturated heterocycles. The molecular formula is C33H47N3O4Si. The van der Waals surface area contributed by atoms with Gasteiger partial charge in [0.05, 0.1) is 18.9 Å². The van der Waals surface area contributed by atoms with E-state index in [-0.39, 0.29) is 24.3 Å². The Balaban J connectivity index is 1.73. The van der Waals surface area contributed by atoms with E-state index < -0.39 is 14.3 Å². The van der Waals surface area contributed by atoms with E-state index in [4.69, 9.17) is 9.16 Å². The van der Waals surface area contributed by atoms with Crippen molar-refractivity contribution in [3.05, 3.63) is 64.1 Å². The maximum atomic E-state index is 13.3. The van der Waals surface area contributed by atoms with E-state index in [0.29, 0.717) is 45.1 Å². The predicted octanol–water partition coefficient (Wildman–Crippen LogP) is 8.12. The summed E-state index contributed by atoms with van der Waals surface area (Å²) in [6.45, 7) is 19.8. The van der Waals surface area contributed by atoms with Gasteiger partial charge in [0.1, 0.15) is 11.3 Å². The van der Waals surface area contributed by atoms with Crippen LogP contribution < -0.4 is 5.56 Å². The van der Waals surface area contributed by atoms with Gasteiger partial charge in [-0.3, -0.25) is 4.79 Å². The Hall–Kier alpha value is -2.97. The Morgan fingerprint density at radius 3 is 2.22 bits per heavy atom. The van der Waals surface area contributed by atoms with Gasteiger partial charge < -0.3 is 14.1 Å². The third kappa shape index (κ3) is 6.14. The first-order chi connectivity index (χ1) is 19.5. The molecule has 4 rings (SSSR count). The van der Waals surface area contributed by atoms with Gasteiger partial charge in [0.15, 0.2) is 5.65 Å². The first-order valence-electron chi connectivity index (χ1n) is 15.3. The van der Waals surface area contributed by atoms with Crippen molar-refractivity contribution in [3.63, 3.8) is 0 Å². The van der Waals surface area contributed by atoms with Gasteiger partial charge >= 0.3 is 5.97 Å². The summed E-state index contributed by atoms with van der Waals surface area (Å²) in [4.78, 5) is 29.9. The summed E-state index contributed by atoms with van der Waals surface area (Å²) in [5.74, 6) is 0.0587. The molecule has 0 atom stereocenters. The lowest BCUT2D eigenvalue weighted by Crippen LogP contribution is -2.48. The van der Waals surface area contributed by atoms with Gasteiger partial charge in [0.2, 0.25) is 8.32 Å². The second-order valence-corrected chi connectivity index (χ2v) is 17.9. The highest BCUT2D eigenvalue weighted by atomic mass is 28.4. The third-order valence-corrected chi connectivity index (χ3v) is 15.0. The molecule has 1 aliphatic carbocycles. The summed E-state index contributed by atoms with van der Waals surface area (Å²) in [7, 11) is -2.18. The number of fused-ring (bicyclic) bond motifs is 1. The summed E-state index contributed by atoms with van der Waals surface area (Å²) in [5.41, 5.74) is 5.12. The summed E-state index contributed by atoms with van der Waals surface area (Å²) < 4.78 is 13.4. The number of carbonyl (C=O) groups excluding carboxylic acids is 1. The second kappa shape index (κ2) is 12.9. The molecule has 0 amide bonds. The molecule has 1 aromatic carbocycles. The minimum atomic E-state index is -2.18. The Bertz CT molecular complexity index is 1410. The maximum Gasteiger partial charge on any atom is 0.344 e. The number of nitrogens with one attached hydrogen (secondary N) is 1. The SMILES string of the molecule is C=C(CO[Si](C(C)C)(C(C)C)C(C)C)c1nn2c(=O)cc(-c3ccc(C4CCCCC4)cc3)[nH]c2c1C(=O)OCC. The number of benzene rings is 1. The fourth-order valence-corrected chi connectivity index (χ4v) is 12.4. The van der Waals surface area contributed by atoms with Crippen LogP contribution in [0.1, 0.15) is 108 Å². The zero-order valence-corrected chi connectivity index (χ0v) is 26.9. The van der Waals surface area contributed by atoms with Crippen molar-refractivity contribution in [1.82, 2.24) is 14.6 Å². The van der Waals surface area contributed by atoms with Crippen LogP contribution >= 0.6 is 0 Å². The molecule has 1 saturated carbocycles. The van der Waals surface area contributed by atoms with E-state index in [2.05, 4.69) is 70.3 Å². The van der Waals surface area contributed by atoms with Gasteiger partial charge in [-0.15, -0.1) is 0 Å². The van der Waals surface area contributed by atoms with Crippen LogP contribution in [0.3, 0.4) is 0 Å². The van der Waals surface area contributed by atoms with Gasteiger partial charge in [-0.05, 0) is 59.0 Å². The number of aromatic nitrogens is 3. The van der Waals surface area contributed by atoms with E-state index in [0.717, 1.165) is 5.56 Å². The molecule has 41 heavy (non-hydrogen) atoms. The van der Waals surface area contributed by atoms with Crippen molar-refractivity contribution < 1.29 is 14.0 Å². The van der Waals surface area contributed by atoms with E-state index in [1.165, 1.54) is 48.2 Å². The van der Waals surface area contributed by atoms with Crippen molar-refractivity contribution >= 4 is 25.5 Å². The normalized spacial score (nSPS) is 14.9. The predicted molar refractivity (Wildman–Crippen MR) is 169 cm³/mol. The molecule has 0 unspecified atom stereocenters. The van der Waals surface area contributed by atoms with E-state index >= 15 is 0 Å². The quantitative estimate of drug-likeness (QED) is 0.184.